The Morgan fingerprint density at radius 2 is 1.68 bits per heavy atom. The van der Waals surface area contributed by atoms with Gasteiger partial charge in [-0.3, -0.25) is 0 Å². The summed E-state index contributed by atoms with van der Waals surface area (Å²) in [5.41, 5.74) is 4.55. The minimum Gasteiger partial charge on any atom is -0.478 e. The monoisotopic (exact) mass is 314 g/mol. The van der Waals surface area contributed by atoms with Crippen LogP contribution in [0.4, 0.5) is 5.69 Å². The van der Waals surface area contributed by atoms with Crippen LogP contribution in [0.1, 0.15) is 27.0 Å². The van der Waals surface area contributed by atoms with Crippen molar-refractivity contribution < 1.29 is 9.90 Å². The summed E-state index contributed by atoms with van der Waals surface area (Å²) in [6.45, 7) is 4.62. The Labute approximate surface area is 135 Å². The number of nitrogens with one attached hydrogen (secondary N) is 2. The first kappa shape index (κ1) is 16.0. The number of hydrogen-bond acceptors (Lipinski definition) is 2. The topological polar surface area (TPSA) is 61.4 Å². The lowest BCUT2D eigenvalue weighted by Gasteiger charge is -2.12. The summed E-state index contributed by atoms with van der Waals surface area (Å²) in [6.07, 6.45) is 0. The van der Waals surface area contributed by atoms with Crippen LogP contribution in [0, 0.1) is 13.8 Å². The molecule has 0 heterocycles. The molecule has 0 saturated carbocycles. The second kappa shape index (κ2) is 7.04. The highest BCUT2D eigenvalue weighted by Crippen LogP contribution is 2.13. The molecule has 0 aliphatic heterocycles. The van der Waals surface area contributed by atoms with Crippen molar-refractivity contribution in [2.45, 2.75) is 20.4 Å². The first-order valence-corrected chi connectivity index (χ1v) is 7.30. The van der Waals surface area contributed by atoms with E-state index >= 15 is 0 Å². The molecule has 0 fully saturated rings. The maximum atomic E-state index is 10.8. The van der Waals surface area contributed by atoms with Crippen LogP contribution in [0.15, 0.2) is 42.5 Å². The van der Waals surface area contributed by atoms with Gasteiger partial charge in [-0.1, -0.05) is 18.2 Å². The van der Waals surface area contributed by atoms with E-state index in [9.17, 15) is 4.79 Å². The van der Waals surface area contributed by atoms with Crippen molar-refractivity contribution in [1.82, 2.24) is 5.32 Å². The summed E-state index contributed by atoms with van der Waals surface area (Å²) in [4.78, 5) is 10.8. The van der Waals surface area contributed by atoms with Gasteiger partial charge in [-0.05, 0) is 67.0 Å². The SMILES string of the molecule is Cc1cc(C)cc(NC(=S)NCc2ccc(C(=O)O)cc2)c1. The molecule has 0 aliphatic rings. The molecule has 0 bridgehead atoms. The lowest BCUT2D eigenvalue weighted by Crippen LogP contribution is -2.27. The van der Waals surface area contributed by atoms with Crippen LogP contribution >= 0.6 is 12.2 Å². The Kier molecular flexibility index (Phi) is 5.12. The van der Waals surface area contributed by atoms with Crippen molar-refractivity contribution in [2.75, 3.05) is 5.32 Å². The highest BCUT2D eigenvalue weighted by Gasteiger charge is 2.03. The molecule has 0 atom stereocenters. The van der Waals surface area contributed by atoms with Crippen molar-refractivity contribution in [2.24, 2.45) is 0 Å². The van der Waals surface area contributed by atoms with Crippen LogP contribution in [0.2, 0.25) is 0 Å². The maximum absolute atomic E-state index is 10.8. The van der Waals surface area contributed by atoms with Gasteiger partial charge in [0.05, 0.1) is 5.56 Å². The summed E-state index contributed by atoms with van der Waals surface area (Å²) in [7, 11) is 0. The Hall–Kier alpha value is -2.40. The van der Waals surface area contributed by atoms with Gasteiger partial charge in [-0.2, -0.15) is 0 Å². The van der Waals surface area contributed by atoms with Gasteiger partial charge < -0.3 is 15.7 Å². The van der Waals surface area contributed by atoms with E-state index in [0.29, 0.717) is 11.7 Å². The van der Waals surface area contributed by atoms with Crippen LogP contribution in [-0.2, 0) is 6.54 Å². The number of benzene rings is 2. The predicted octanol–water partition coefficient (Wildman–Crippen LogP) is 3.49. The summed E-state index contributed by atoms with van der Waals surface area (Å²) in [5, 5.41) is 15.6. The van der Waals surface area contributed by atoms with Crippen LogP contribution in [0.3, 0.4) is 0 Å². The number of rotatable bonds is 4. The Balaban J connectivity index is 1.91. The molecule has 0 aromatic heterocycles. The first-order valence-electron chi connectivity index (χ1n) is 6.89. The minimum absolute atomic E-state index is 0.277. The molecule has 0 radical (unpaired) electrons. The first-order chi connectivity index (χ1) is 10.4. The number of thiocarbonyl (C=S) groups is 1. The van der Waals surface area contributed by atoms with Gasteiger partial charge in [-0.25, -0.2) is 4.79 Å². The smallest absolute Gasteiger partial charge is 0.335 e. The number of carboxylic acids is 1. The number of aromatic carboxylic acids is 1. The number of aryl methyl sites for hydroxylation is 2. The molecule has 2 aromatic rings. The fraction of sp³-hybridized carbons (Fsp3) is 0.176. The Bertz CT molecular complexity index is 676. The molecule has 0 aliphatic carbocycles. The Morgan fingerprint density at radius 1 is 1.09 bits per heavy atom. The molecule has 5 heteroatoms. The number of hydrogen-bond donors (Lipinski definition) is 3. The van der Waals surface area contributed by atoms with Gasteiger partial charge in [0.1, 0.15) is 0 Å². The van der Waals surface area contributed by atoms with E-state index in [0.717, 1.165) is 11.3 Å². The number of anilines is 1. The summed E-state index contributed by atoms with van der Waals surface area (Å²) in [6, 6.07) is 12.9. The summed E-state index contributed by atoms with van der Waals surface area (Å²) < 4.78 is 0. The van der Waals surface area contributed by atoms with Crippen molar-refractivity contribution in [1.29, 1.82) is 0 Å². The van der Waals surface area contributed by atoms with E-state index in [1.54, 1.807) is 24.3 Å². The number of carboxylic acid groups (broad SMARTS) is 1. The third kappa shape index (κ3) is 4.56. The highest BCUT2D eigenvalue weighted by molar-refractivity contribution is 7.80. The lowest BCUT2D eigenvalue weighted by atomic mass is 10.1. The molecule has 0 spiro atoms. The molecule has 2 aromatic carbocycles. The maximum Gasteiger partial charge on any atom is 0.335 e. The van der Waals surface area contributed by atoms with E-state index in [1.807, 2.05) is 26.0 Å². The van der Waals surface area contributed by atoms with E-state index in [-0.39, 0.29) is 5.56 Å². The van der Waals surface area contributed by atoms with Gasteiger partial charge in [-0.15, -0.1) is 0 Å². The predicted molar refractivity (Wildman–Crippen MR) is 92.4 cm³/mol. The van der Waals surface area contributed by atoms with Crippen molar-refractivity contribution in [3.63, 3.8) is 0 Å². The van der Waals surface area contributed by atoms with Crippen molar-refractivity contribution in [3.8, 4) is 0 Å². The fourth-order valence-electron chi connectivity index (χ4n) is 2.17. The second-order valence-electron chi connectivity index (χ2n) is 5.19. The molecule has 0 amide bonds. The number of carbonyl (C=O) groups is 1. The van der Waals surface area contributed by atoms with Crippen LogP contribution in [-0.4, -0.2) is 16.2 Å². The van der Waals surface area contributed by atoms with Gasteiger partial charge in [0.15, 0.2) is 5.11 Å². The normalized spacial score (nSPS) is 10.1. The molecule has 0 unspecified atom stereocenters. The summed E-state index contributed by atoms with van der Waals surface area (Å²) in [5.74, 6) is -0.925. The highest BCUT2D eigenvalue weighted by atomic mass is 32.1. The van der Waals surface area contributed by atoms with Gasteiger partial charge in [0.25, 0.3) is 0 Å². The van der Waals surface area contributed by atoms with Crippen molar-refractivity contribution >= 4 is 29.0 Å². The van der Waals surface area contributed by atoms with E-state index < -0.39 is 5.97 Å². The van der Waals surface area contributed by atoms with E-state index in [4.69, 9.17) is 17.3 Å². The summed E-state index contributed by atoms with van der Waals surface area (Å²) >= 11 is 5.27. The third-order valence-electron chi connectivity index (χ3n) is 3.13. The standard InChI is InChI=1S/C17H18N2O2S/c1-11-7-12(2)9-15(8-11)19-17(22)18-10-13-3-5-14(6-4-13)16(20)21/h3-9H,10H2,1-2H3,(H,20,21)(H2,18,19,22). The molecule has 4 nitrogen and oxygen atoms in total. The van der Waals surface area contributed by atoms with Gasteiger partial charge in [0.2, 0.25) is 0 Å². The molecule has 0 saturated heterocycles. The lowest BCUT2D eigenvalue weighted by molar-refractivity contribution is 0.0697. The van der Waals surface area contributed by atoms with Crippen LogP contribution in [0.5, 0.6) is 0 Å². The zero-order valence-corrected chi connectivity index (χ0v) is 13.3. The van der Waals surface area contributed by atoms with Gasteiger partial charge >= 0.3 is 5.97 Å². The molecule has 2 rings (SSSR count). The molecule has 3 N–H and O–H groups in total. The molecule has 22 heavy (non-hydrogen) atoms. The molecular formula is C17H18N2O2S. The van der Waals surface area contributed by atoms with Gasteiger partial charge in [0, 0.05) is 12.2 Å². The largest absolute Gasteiger partial charge is 0.478 e. The molecular weight excluding hydrogens is 296 g/mol. The average molecular weight is 314 g/mol. The minimum atomic E-state index is -0.925. The fourth-order valence-corrected chi connectivity index (χ4v) is 2.36. The second-order valence-corrected chi connectivity index (χ2v) is 5.59. The van der Waals surface area contributed by atoms with Crippen molar-refractivity contribution in [3.05, 3.63) is 64.7 Å². The van der Waals surface area contributed by atoms with Crippen LogP contribution in [0.25, 0.3) is 0 Å². The van der Waals surface area contributed by atoms with E-state index in [1.165, 1.54) is 11.1 Å². The quantitative estimate of drug-likeness (QED) is 0.754. The Morgan fingerprint density at radius 3 is 2.23 bits per heavy atom. The zero-order valence-electron chi connectivity index (χ0n) is 12.5. The average Bonchev–Trinajstić information content (AvgIpc) is 2.44. The third-order valence-corrected chi connectivity index (χ3v) is 3.38. The van der Waals surface area contributed by atoms with E-state index in [2.05, 4.69) is 16.7 Å². The van der Waals surface area contributed by atoms with Crippen LogP contribution < -0.4 is 10.6 Å². The molecule has 114 valence electrons. The zero-order chi connectivity index (χ0) is 16.1.